The Labute approximate surface area is 103 Å². The summed E-state index contributed by atoms with van der Waals surface area (Å²) in [4.78, 5) is 6.28. The van der Waals surface area contributed by atoms with E-state index in [1.807, 2.05) is 6.21 Å². The molecule has 0 unspecified atom stereocenters. The van der Waals surface area contributed by atoms with E-state index >= 15 is 0 Å². The maximum absolute atomic E-state index is 4.09. The Morgan fingerprint density at radius 3 is 2.65 bits per heavy atom. The van der Waals surface area contributed by atoms with E-state index in [0.29, 0.717) is 0 Å². The molecule has 0 radical (unpaired) electrons. The lowest BCUT2D eigenvalue weighted by Gasteiger charge is -2.13. The van der Waals surface area contributed by atoms with Crippen LogP contribution in [0.4, 0.5) is 0 Å². The summed E-state index contributed by atoms with van der Waals surface area (Å²) in [6.45, 7) is 0.950. The number of aliphatic imine (C=N–C) groups is 1. The predicted octanol–water partition coefficient (Wildman–Crippen LogP) is 2.95. The molecule has 2 heteroatoms. The van der Waals surface area contributed by atoms with Crippen molar-refractivity contribution in [2.24, 2.45) is 4.99 Å². The van der Waals surface area contributed by atoms with Gasteiger partial charge in [0.2, 0.25) is 0 Å². The molecule has 17 heavy (non-hydrogen) atoms. The smallest absolute Gasteiger partial charge is 0.0281 e. The zero-order valence-electron chi connectivity index (χ0n) is 10.6. The zero-order valence-corrected chi connectivity index (χ0v) is 10.6. The fourth-order valence-electron chi connectivity index (χ4n) is 2.11. The third kappa shape index (κ3) is 2.71. The van der Waals surface area contributed by atoms with Gasteiger partial charge in [-0.2, -0.15) is 0 Å². The second-order valence-electron chi connectivity index (χ2n) is 4.53. The first-order chi connectivity index (χ1) is 8.20. The van der Waals surface area contributed by atoms with Gasteiger partial charge in [-0.1, -0.05) is 24.3 Å². The fourth-order valence-corrected chi connectivity index (χ4v) is 2.11. The molecule has 0 aliphatic heterocycles. The molecule has 2 aromatic rings. The molecule has 0 atom stereocenters. The van der Waals surface area contributed by atoms with Gasteiger partial charge in [-0.25, -0.2) is 0 Å². The Hall–Kier alpha value is -1.67. The van der Waals surface area contributed by atoms with Crippen LogP contribution in [0.5, 0.6) is 0 Å². The van der Waals surface area contributed by atoms with Crippen molar-refractivity contribution in [1.29, 1.82) is 0 Å². The van der Waals surface area contributed by atoms with E-state index in [4.69, 9.17) is 0 Å². The molecule has 0 heterocycles. The average Bonchev–Trinajstić information content (AvgIpc) is 2.29. The summed E-state index contributed by atoms with van der Waals surface area (Å²) in [6.07, 6.45) is 1.91. The van der Waals surface area contributed by atoms with Crippen LogP contribution in [0.15, 0.2) is 41.4 Å². The lowest BCUT2D eigenvalue weighted by Crippen LogP contribution is -2.11. The van der Waals surface area contributed by atoms with Crippen LogP contribution in [0, 0.1) is 0 Å². The first-order valence-electron chi connectivity index (χ1n) is 5.79. The summed E-state index contributed by atoms with van der Waals surface area (Å²) in [7, 11) is 5.99. The van der Waals surface area contributed by atoms with Crippen LogP contribution in [0.25, 0.3) is 10.8 Å². The predicted molar refractivity (Wildman–Crippen MR) is 74.9 cm³/mol. The third-order valence-corrected chi connectivity index (χ3v) is 2.73. The summed E-state index contributed by atoms with van der Waals surface area (Å²) in [6, 6.07) is 12.9. The number of hydrogen-bond acceptors (Lipinski definition) is 2. The maximum atomic E-state index is 4.09. The number of hydrogen-bond donors (Lipinski definition) is 0. The highest BCUT2D eigenvalue weighted by Gasteiger charge is 2.03. The molecule has 88 valence electrons. The molecule has 0 saturated carbocycles. The van der Waals surface area contributed by atoms with Crippen molar-refractivity contribution in [3.8, 4) is 0 Å². The van der Waals surface area contributed by atoms with Crippen LogP contribution in [0.3, 0.4) is 0 Å². The van der Waals surface area contributed by atoms with Crippen molar-refractivity contribution in [1.82, 2.24) is 4.90 Å². The van der Waals surface area contributed by atoms with Crippen molar-refractivity contribution in [2.75, 3.05) is 21.1 Å². The lowest BCUT2D eigenvalue weighted by atomic mass is 10.0. The van der Waals surface area contributed by atoms with Gasteiger partial charge in [-0.3, -0.25) is 4.99 Å². The molecule has 2 rings (SSSR count). The normalized spacial score (nSPS) is 11.8. The number of benzene rings is 2. The minimum absolute atomic E-state index is 0.950. The minimum atomic E-state index is 0.950. The van der Waals surface area contributed by atoms with Gasteiger partial charge in [-0.15, -0.1) is 0 Å². The van der Waals surface area contributed by atoms with Gasteiger partial charge in [0.15, 0.2) is 0 Å². The molecule has 0 amide bonds. The Morgan fingerprint density at radius 1 is 1.18 bits per heavy atom. The second kappa shape index (κ2) is 5.11. The molecule has 0 fully saturated rings. The molecule has 0 aliphatic carbocycles. The molecule has 0 saturated heterocycles. The summed E-state index contributed by atoms with van der Waals surface area (Å²) in [5.74, 6) is 0. The van der Waals surface area contributed by atoms with Gasteiger partial charge in [-0.05, 0) is 48.1 Å². The highest BCUT2D eigenvalue weighted by Crippen LogP contribution is 2.21. The fraction of sp³-hybridized carbons (Fsp3) is 0.267. The van der Waals surface area contributed by atoms with E-state index in [2.05, 4.69) is 60.4 Å². The number of nitrogens with zero attached hydrogens (tertiary/aromatic N) is 2. The Morgan fingerprint density at radius 2 is 1.94 bits per heavy atom. The van der Waals surface area contributed by atoms with Crippen molar-refractivity contribution >= 4 is 17.0 Å². The summed E-state index contributed by atoms with van der Waals surface area (Å²) >= 11 is 0. The van der Waals surface area contributed by atoms with E-state index in [1.54, 1.807) is 7.05 Å². The van der Waals surface area contributed by atoms with Crippen LogP contribution in [-0.2, 0) is 6.54 Å². The van der Waals surface area contributed by atoms with Crippen molar-refractivity contribution in [2.45, 2.75) is 6.54 Å². The van der Waals surface area contributed by atoms with Gasteiger partial charge >= 0.3 is 0 Å². The Balaban J connectivity index is 2.60. The quantitative estimate of drug-likeness (QED) is 0.735. The SMILES string of the molecule is C/N=C/c1cc(CN(C)C)c2ccccc2c1. The summed E-state index contributed by atoms with van der Waals surface area (Å²) in [5, 5.41) is 2.61. The lowest BCUT2D eigenvalue weighted by molar-refractivity contribution is 0.404. The van der Waals surface area contributed by atoms with Gasteiger partial charge < -0.3 is 4.90 Å². The summed E-state index contributed by atoms with van der Waals surface area (Å²) < 4.78 is 0. The summed E-state index contributed by atoms with van der Waals surface area (Å²) in [5.41, 5.74) is 2.52. The Kier molecular flexibility index (Phi) is 3.55. The van der Waals surface area contributed by atoms with E-state index in [1.165, 1.54) is 21.9 Å². The van der Waals surface area contributed by atoms with Crippen molar-refractivity contribution < 1.29 is 0 Å². The number of fused-ring (bicyclic) bond motifs is 1. The Bertz CT molecular complexity index is 542. The average molecular weight is 226 g/mol. The molecule has 0 aromatic heterocycles. The first-order valence-corrected chi connectivity index (χ1v) is 5.79. The zero-order chi connectivity index (χ0) is 12.3. The third-order valence-electron chi connectivity index (χ3n) is 2.73. The van der Waals surface area contributed by atoms with Crippen LogP contribution in [-0.4, -0.2) is 32.3 Å². The van der Waals surface area contributed by atoms with E-state index < -0.39 is 0 Å². The van der Waals surface area contributed by atoms with Crippen LogP contribution in [0.1, 0.15) is 11.1 Å². The van der Waals surface area contributed by atoms with Crippen LogP contribution in [0.2, 0.25) is 0 Å². The topological polar surface area (TPSA) is 15.6 Å². The van der Waals surface area contributed by atoms with Crippen LogP contribution < -0.4 is 0 Å². The largest absolute Gasteiger partial charge is 0.305 e. The van der Waals surface area contributed by atoms with Gasteiger partial charge in [0.05, 0.1) is 0 Å². The van der Waals surface area contributed by atoms with E-state index in [9.17, 15) is 0 Å². The van der Waals surface area contributed by atoms with Gasteiger partial charge in [0, 0.05) is 19.8 Å². The van der Waals surface area contributed by atoms with Gasteiger partial charge in [0.1, 0.15) is 0 Å². The van der Waals surface area contributed by atoms with E-state index in [-0.39, 0.29) is 0 Å². The molecule has 2 nitrogen and oxygen atoms in total. The molecule has 0 spiro atoms. The molecular weight excluding hydrogens is 208 g/mol. The van der Waals surface area contributed by atoms with E-state index in [0.717, 1.165) is 6.54 Å². The minimum Gasteiger partial charge on any atom is -0.305 e. The van der Waals surface area contributed by atoms with Crippen molar-refractivity contribution in [3.05, 3.63) is 47.5 Å². The molecule has 0 aliphatic rings. The number of rotatable bonds is 3. The molecule has 0 N–H and O–H groups in total. The molecule has 2 aromatic carbocycles. The second-order valence-corrected chi connectivity index (χ2v) is 4.53. The molecular formula is C15H18N2. The van der Waals surface area contributed by atoms with Crippen LogP contribution >= 0.6 is 0 Å². The highest BCUT2D eigenvalue weighted by molar-refractivity contribution is 5.92. The maximum Gasteiger partial charge on any atom is 0.0281 e. The first kappa shape index (κ1) is 11.8. The highest BCUT2D eigenvalue weighted by atomic mass is 15.0. The van der Waals surface area contributed by atoms with Gasteiger partial charge in [0.25, 0.3) is 0 Å². The van der Waals surface area contributed by atoms with Crippen molar-refractivity contribution in [3.63, 3.8) is 0 Å². The monoisotopic (exact) mass is 226 g/mol. The molecule has 0 bridgehead atoms. The standard InChI is InChI=1S/C15H18N2/c1-16-10-12-8-13-6-4-5-7-15(13)14(9-12)11-17(2)3/h4-10H,11H2,1-3H3/b16-10+.